The van der Waals surface area contributed by atoms with E-state index in [2.05, 4.69) is 21.2 Å². The molecule has 1 aromatic rings. The van der Waals surface area contributed by atoms with Gasteiger partial charge >= 0.3 is 0 Å². The second-order valence-corrected chi connectivity index (χ2v) is 5.62. The van der Waals surface area contributed by atoms with Crippen molar-refractivity contribution in [3.8, 4) is 0 Å². The van der Waals surface area contributed by atoms with Gasteiger partial charge in [0.2, 0.25) is 5.91 Å². The lowest BCUT2D eigenvalue weighted by molar-refractivity contribution is -0.123. The molecular formula is C14H18BrNO3. The lowest BCUT2D eigenvalue weighted by atomic mass is 9.95. The molecule has 104 valence electrons. The first-order valence-electron chi connectivity index (χ1n) is 6.49. The molecule has 19 heavy (non-hydrogen) atoms. The van der Waals surface area contributed by atoms with Crippen LogP contribution in [-0.4, -0.2) is 29.8 Å². The highest BCUT2D eigenvalue weighted by Gasteiger charge is 2.20. The third-order valence-electron chi connectivity index (χ3n) is 3.24. The van der Waals surface area contributed by atoms with Crippen LogP contribution in [0.4, 0.5) is 5.69 Å². The summed E-state index contributed by atoms with van der Waals surface area (Å²) in [5.74, 6) is -0.155. The van der Waals surface area contributed by atoms with Gasteiger partial charge in [0.15, 0.2) is 0 Å². The Kier molecular flexibility index (Phi) is 5.36. The molecule has 1 aromatic carbocycles. The van der Waals surface area contributed by atoms with Crippen molar-refractivity contribution in [1.29, 1.82) is 0 Å². The monoisotopic (exact) mass is 327 g/mol. The average Bonchev–Trinajstić information content (AvgIpc) is 2.41. The van der Waals surface area contributed by atoms with Gasteiger partial charge < -0.3 is 15.2 Å². The van der Waals surface area contributed by atoms with Crippen molar-refractivity contribution in [1.82, 2.24) is 0 Å². The number of anilines is 1. The Balaban J connectivity index is 1.74. The number of halogens is 1. The molecular weight excluding hydrogens is 310 g/mol. The first-order valence-corrected chi connectivity index (χ1v) is 7.28. The first kappa shape index (κ1) is 14.5. The average molecular weight is 328 g/mol. The van der Waals surface area contributed by atoms with Gasteiger partial charge in [-0.1, -0.05) is 12.1 Å². The standard InChI is InChI=1S/C14H18BrNO3/c15-12-3-1-2-4-13(12)16-14(18)9-19-11-7-5-10(17)6-8-11/h1-4,10-11,17H,5-9H2,(H,16,18). The van der Waals surface area contributed by atoms with Crippen LogP contribution in [0.1, 0.15) is 25.7 Å². The fourth-order valence-corrected chi connectivity index (χ4v) is 2.54. The Bertz CT molecular complexity index is 430. The number of benzene rings is 1. The van der Waals surface area contributed by atoms with Crippen molar-refractivity contribution in [2.75, 3.05) is 11.9 Å². The normalized spacial score (nSPS) is 23.1. The summed E-state index contributed by atoms with van der Waals surface area (Å²) >= 11 is 3.38. The molecule has 1 fully saturated rings. The number of amides is 1. The van der Waals surface area contributed by atoms with Crippen LogP contribution in [0.2, 0.25) is 0 Å². The third kappa shape index (κ3) is 4.60. The number of hydrogen-bond acceptors (Lipinski definition) is 3. The van der Waals surface area contributed by atoms with Crippen LogP contribution in [0.25, 0.3) is 0 Å². The van der Waals surface area contributed by atoms with Crippen LogP contribution < -0.4 is 5.32 Å². The lowest BCUT2D eigenvalue weighted by Crippen LogP contribution is -2.28. The molecule has 0 heterocycles. The summed E-state index contributed by atoms with van der Waals surface area (Å²) < 4.78 is 6.42. The van der Waals surface area contributed by atoms with Crippen molar-refractivity contribution in [3.05, 3.63) is 28.7 Å². The minimum atomic E-state index is -0.200. The number of rotatable bonds is 4. The highest BCUT2D eigenvalue weighted by atomic mass is 79.9. The molecule has 0 saturated heterocycles. The molecule has 4 nitrogen and oxygen atoms in total. The van der Waals surface area contributed by atoms with Crippen LogP contribution in [0.3, 0.4) is 0 Å². The zero-order chi connectivity index (χ0) is 13.7. The number of ether oxygens (including phenoxy) is 1. The lowest BCUT2D eigenvalue weighted by Gasteiger charge is -2.25. The number of aliphatic hydroxyl groups excluding tert-OH is 1. The number of para-hydroxylation sites is 1. The Morgan fingerprint density at radius 2 is 2.00 bits per heavy atom. The van der Waals surface area contributed by atoms with Crippen molar-refractivity contribution in [2.45, 2.75) is 37.9 Å². The van der Waals surface area contributed by atoms with Crippen molar-refractivity contribution in [3.63, 3.8) is 0 Å². The summed E-state index contributed by atoms with van der Waals surface area (Å²) in [7, 11) is 0. The predicted octanol–water partition coefficient (Wildman–Crippen LogP) is 2.71. The van der Waals surface area contributed by atoms with E-state index in [0.29, 0.717) is 0 Å². The minimum absolute atomic E-state index is 0.0576. The van der Waals surface area contributed by atoms with E-state index in [1.54, 1.807) is 0 Å². The van der Waals surface area contributed by atoms with E-state index in [9.17, 15) is 9.90 Å². The SMILES string of the molecule is O=C(COC1CCC(O)CC1)Nc1ccccc1Br. The number of nitrogens with one attached hydrogen (secondary N) is 1. The van der Waals surface area contributed by atoms with E-state index in [-0.39, 0.29) is 24.7 Å². The highest BCUT2D eigenvalue weighted by Crippen LogP contribution is 2.22. The van der Waals surface area contributed by atoms with E-state index in [0.717, 1.165) is 35.8 Å². The third-order valence-corrected chi connectivity index (χ3v) is 3.93. The molecule has 0 spiro atoms. The Morgan fingerprint density at radius 1 is 1.32 bits per heavy atom. The molecule has 2 N–H and O–H groups in total. The predicted molar refractivity (Wildman–Crippen MR) is 77.0 cm³/mol. The molecule has 1 aliphatic rings. The van der Waals surface area contributed by atoms with Crippen LogP contribution in [-0.2, 0) is 9.53 Å². The molecule has 0 atom stereocenters. The second kappa shape index (κ2) is 7.03. The summed E-state index contributed by atoms with van der Waals surface area (Å²) in [4.78, 5) is 11.8. The summed E-state index contributed by atoms with van der Waals surface area (Å²) in [5, 5.41) is 12.2. The topological polar surface area (TPSA) is 58.6 Å². The van der Waals surface area contributed by atoms with Gasteiger partial charge in [0.25, 0.3) is 0 Å². The summed E-state index contributed by atoms with van der Waals surface area (Å²) in [6, 6.07) is 7.46. The maximum absolute atomic E-state index is 11.8. The first-order chi connectivity index (χ1) is 9.15. The molecule has 0 aromatic heterocycles. The van der Waals surface area contributed by atoms with Crippen molar-refractivity contribution < 1.29 is 14.6 Å². The molecule has 0 unspecified atom stereocenters. The van der Waals surface area contributed by atoms with Gasteiger partial charge in [-0.25, -0.2) is 0 Å². The van der Waals surface area contributed by atoms with Gasteiger partial charge in [0.05, 0.1) is 17.9 Å². The summed E-state index contributed by atoms with van der Waals surface area (Å²) in [5.41, 5.74) is 0.746. The van der Waals surface area contributed by atoms with Gasteiger partial charge in [0.1, 0.15) is 6.61 Å². The maximum Gasteiger partial charge on any atom is 0.250 e. The molecule has 5 heteroatoms. The molecule has 1 saturated carbocycles. The largest absolute Gasteiger partial charge is 0.393 e. The molecule has 1 amide bonds. The molecule has 0 aliphatic heterocycles. The van der Waals surface area contributed by atoms with Crippen LogP contribution in [0.15, 0.2) is 28.7 Å². The van der Waals surface area contributed by atoms with E-state index < -0.39 is 0 Å². The second-order valence-electron chi connectivity index (χ2n) is 4.77. The van der Waals surface area contributed by atoms with Crippen molar-refractivity contribution in [2.24, 2.45) is 0 Å². The zero-order valence-electron chi connectivity index (χ0n) is 10.6. The van der Waals surface area contributed by atoms with Gasteiger partial charge in [-0.15, -0.1) is 0 Å². The van der Waals surface area contributed by atoms with Crippen LogP contribution >= 0.6 is 15.9 Å². The molecule has 2 rings (SSSR count). The molecule has 0 bridgehead atoms. The number of hydrogen-bond donors (Lipinski definition) is 2. The number of aliphatic hydroxyl groups is 1. The van der Waals surface area contributed by atoms with E-state index in [4.69, 9.17) is 4.74 Å². The van der Waals surface area contributed by atoms with Gasteiger partial charge in [-0.2, -0.15) is 0 Å². The zero-order valence-corrected chi connectivity index (χ0v) is 12.2. The van der Waals surface area contributed by atoms with E-state index in [1.165, 1.54) is 0 Å². The van der Waals surface area contributed by atoms with Crippen LogP contribution in [0.5, 0.6) is 0 Å². The fraction of sp³-hybridized carbons (Fsp3) is 0.500. The Hall–Kier alpha value is -0.910. The minimum Gasteiger partial charge on any atom is -0.393 e. The number of carbonyl (C=O) groups is 1. The van der Waals surface area contributed by atoms with E-state index in [1.807, 2.05) is 24.3 Å². The molecule has 0 radical (unpaired) electrons. The van der Waals surface area contributed by atoms with Crippen LogP contribution in [0, 0.1) is 0 Å². The van der Waals surface area contributed by atoms with Crippen molar-refractivity contribution >= 4 is 27.5 Å². The highest BCUT2D eigenvalue weighted by molar-refractivity contribution is 9.10. The van der Waals surface area contributed by atoms with Gasteiger partial charge in [0, 0.05) is 4.47 Å². The quantitative estimate of drug-likeness (QED) is 0.893. The smallest absolute Gasteiger partial charge is 0.250 e. The maximum atomic E-state index is 11.8. The Morgan fingerprint density at radius 3 is 2.68 bits per heavy atom. The van der Waals surface area contributed by atoms with E-state index >= 15 is 0 Å². The van der Waals surface area contributed by atoms with Gasteiger partial charge in [-0.3, -0.25) is 4.79 Å². The fourth-order valence-electron chi connectivity index (χ4n) is 2.15. The summed E-state index contributed by atoms with van der Waals surface area (Å²) in [6.07, 6.45) is 3.06. The Labute approximate surface area is 121 Å². The number of carbonyl (C=O) groups excluding carboxylic acids is 1. The summed E-state index contributed by atoms with van der Waals surface area (Å²) in [6.45, 7) is 0.0576. The van der Waals surface area contributed by atoms with Gasteiger partial charge in [-0.05, 0) is 53.7 Å². The molecule has 1 aliphatic carbocycles.